The topological polar surface area (TPSA) is 36.9 Å². The second-order valence-electron chi connectivity index (χ2n) is 5.29. The van der Waals surface area contributed by atoms with Crippen LogP contribution in [0.25, 0.3) is 11.0 Å². The zero-order valence-electron chi connectivity index (χ0n) is 10.2. The fraction of sp³-hybridized carbons (Fsp3) is 0.538. The number of fused-ring (bicyclic) bond motifs is 2. The molecule has 2 fully saturated rings. The van der Waals surface area contributed by atoms with Gasteiger partial charge in [0.2, 0.25) is 0 Å². The normalized spacial score (nSPS) is 28.0. The van der Waals surface area contributed by atoms with Gasteiger partial charge in [-0.15, -0.1) is 0 Å². The summed E-state index contributed by atoms with van der Waals surface area (Å²) in [5.74, 6) is 0. The summed E-state index contributed by atoms with van der Waals surface area (Å²) >= 11 is 5.51. The lowest BCUT2D eigenvalue weighted by molar-refractivity contribution is 0.291. The van der Waals surface area contributed by atoms with E-state index in [1.54, 1.807) is 0 Å². The Morgan fingerprint density at radius 3 is 3.17 bits per heavy atom. The van der Waals surface area contributed by atoms with Gasteiger partial charge in [0.25, 0.3) is 0 Å². The maximum atomic E-state index is 5.51. The summed E-state index contributed by atoms with van der Waals surface area (Å²) < 4.78 is 3.17. The molecule has 0 amide bonds. The van der Waals surface area contributed by atoms with Gasteiger partial charge in [-0.2, -0.15) is 0 Å². The van der Waals surface area contributed by atoms with Crippen LogP contribution in [-0.2, 0) is 0 Å². The molecule has 2 atom stereocenters. The van der Waals surface area contributed by atoms with E-state index in [1.165, 1.54) is 37.9 Å². The predicted octanol–water partition coefficient (Wildman–Crippen LogP) is 2.50. The number of nitrogens with zero attached hydrogens (tertiary/aromatic N) is 3. The minimum Gasteiger partial charge on any atom is -0.329 e. The molecule has 4 nitrogen and oxygen atoms in total. The first-order valence-corrected chi connectivity index (χ1v) is 7.04. The van der Waals surface area contributed by atoms with E-state index < -0.39 is 0 Å². The van der Waals surface area contributed by atoms with Crippen LogP contribution >= 0.6 is 12.2 Å². The maximum Gasteiger partial charge on any atom is 0.178 e. The van der Waals surface area contributed by atoms with E-state index in [0.29, 0.717) is 12.1 Å². The summed E-state index contributed by atoms with van der Waals surface area (Å²) in [6.07, 6.45) is 7.57. The van der Waals surface area contributed by atoms with Crippen LogP contribution in [0.3, 0.4) is 0 Å². The molecule has 4 heterocycles. The van der Waals surface area contributed by atoms with Gasteiger partial charge in [-0.05, 0) is 44.1 Å². The van der Waals surface area contributed by atoms with Gasteiger partial charge in [-0.1, -0.05) is 0 Å². The molecule has 2 aliphatic heterocycles. The molecule has 0 bridgehead atoms. The van der Waals surface area contributed by atoms with Gasteiger partial charge in [-0.25, -0.2) is 0 Å². The molecule has 4 rings (SSSR count). The zero-order chi connectivity index (χ0) is 12.1. The van der Waals surface area contributed by atoms with Crippen molar-refractivity contribution in [1.82, 2.24) is 19.4 Å². The predicted molar refractivity (Wildman–Crippen MR) is 73.2 cm³/mol. The van der Waals surface area contributed by atoms with Crippen molar-refractivity contribution in [3.05, 3.63) is 23.2 Å². The Labute approximate surface area is 111 Å². The number of aromatic amines is 1. The van der Waals surface area contributed by atoms with Gasteiger partial charge in [-0.3, -0.25) is 9.88 Å². The van der Waals surface area contributed by atoms with E-state index in [-0.39, 0.29) is 0 Å². The van der Waals surface area contributed by atoms with Crippen molar-refractivity contribution in [1.29, 1.82) is 0 Å². The van der Waals surface area contributed by atoms with Crippen LogP contribution in [0.2, 0.25) is 0 Å². The number of hydrogen-bond donors (Lipinski definition) is 1. The number of nitrogens with one attached hydrogen (secondary N) is 1. The first-order chi connectivity index (χ1) is 8.84. The SMILES string of the molecule is S=c1[nH]c2cnccc2n1C1CCN2CCCC12. The van der Waals surface area contributed by atoms with Crippen molar-refractivity contribution in [2.45, 2.75) is 31.3 Å². The number of pyridine rings is 1. The van der Waals surface area contributed by atoms with E-state index in [0.717, 1.165) is 10.3 Å². The highest BCUT2D eigenvalue weighted by atomic mass is 32.1. The van der Waals surface area contributed by atoms with Crippen LogP contribution in [0.1, 0.15) is 25.3 Å². The van der Waals surface area contributed by atoms with Crippen LogP contribution in [0.5, 0.6) is 0 Å². The lowest BCUT2D eigenvalue weighted by Crippen LogP contribution is -2.27. The van der Waals surface area contributed by atoms with Crippen molar-refractivity contribution in [2.24, 2.45) is 0 Å². The number of imidazole rings is 1. The van der Waals surface area contributed by atoms with Crippen molar-refractivity contribution in [2.75, 3.05) is 13.1 Å². The summed E-state index contributed by atoms with van der Waals surface area (Å²) in [6, 6.07) is 3.29. The Bertz CT molecular complexity index is 644. The fourth-order valence-corrected chi connectivity index (χ4v) is 4.01. The average molecular weight is 260 g/mol. The third-order valence-electron chi connectivity index (χ3n) is 4.42. The molecular formula is C13H16N4S. The van der Waals surface area contributed by atoms with E-state index in [4.69, 9.17) is 12.2 Å². The van der Waals surface area contributed by atoms with Gasteiger partial charge in [0.05, 0.1) is 23.3 Å². The molecule has 0 radical (unpaired) electrons. The highest BCUT2D eigenvalue weighted by molar-refractivity contribution is 7.71. The molecule has 0 aliphatic carbocycles. The fourth-order valence-electron chi connectivity index (χ4n) is 3.66. The number of aromatic nitrogens is 3. The lowest BCUT2D eigenvalue weighted by atomic mass is 10.1. The second-order valence-corrected chi connectivity index (χ2v) is 5.68. The van der Waals surface area contributed by atoms with Gasteiger partial charge < -0.3 is 9.55 Å². The Balaban J connectivity index is 1.87. The van der Waals surface area contributed by atoms with Crippen LogP contribution in [-0.4, -0.2) is 38.6 Å². The second kappa shape index (κ2) is 3.90. The summed E-state index contributed by atoms with van der Waals surface area (Å²) in [5, 5.41) is 0. The molecule has 1 N–H and O–H groups in total. The summed E-state index contributed by atoms with van der Waals surface area (Å²) in [4.78, 5) is 10.1. The van der Waals surface area contributed by atoms with Crippen LogP contribution in [0.15, 0.2) is 18.5 Å². The third-order valence-corrected chi connectivity index (χ3v) is 4.72. The Morgan fingerprint density at radius 1 is 1.28 bits per heavy atom. The maximum absolute atomic E-state index is 5.51. The molecule has 2 aromatic heterocycles. The molecule has 0 saturated carbocycles. The van der Waals surface area contributed by atoms with Crippen molar-refractivity contribution >= 4 is 23.3 Å². The molecule has 18 heavy (non-hydrogen) atoms. The molecule has 0 spiro atoms. The van der Waals surface area contributed by atoms with Gasteiger partial charge in [0.15, 0.2) is 4.77 Å². The molecule has 2 saturated heterocycles. The van der Waals surface area contributed by atoms with Crippen molar-refractivity contribution in [3.63, 3.8) is 0 Å². The third kappa shape index (κ3) is 1.40. The van der Waals surface area contributed by atoms with Gasteiger partial charge >= 0.3 is 0 Å². The molecule has 0 aromatic carbocycles. The quantitative estimate of drug-likeness (QED) is 0.800. The van der Waals surface area contributed by atoms with Crippen LogP contribution in [0.4, 0.5) is 0 Å². The first kappa shape index (κ1) is 10.7. The molecule has 2 aromatic rings. The van der Waals surface area contributed by atoms with E-state index in [2.05, 4.69) is 25.5 Å². The van der Waals surface area contributed by atoms with Crippen molar-refractivity contribution < 1.29 is 0 Å². The van der Waals surface area contributed by atoms with E-state index in [9.17, 15) is 0 Å². The summed E-state index contributed by atoms with van der Waals surface area (Å²) in [6.45, 7) is 2.48. The minimum atomic E-state index is 0.538. The smallest absolute Gasteiger partial charge is 0.178 e. The van der Waals surface area contributed by atoms with E-state index >= 15 is 0 Å². The van der Waals surface area contributed by atoms with Gasteiger partial charge in [0.1, 0.15) is 0 Å². The lowest BCUT2D eigenvalue weighted by Gasteiger charge is -2.22. The molecular weight excluding hydrogens is 244 g/mol. The Morgan fingerprint density at radius 2 is 2.22 bits per heavy atom. The zero-order valence-corrected chi connectivity index (χ0v) is 11.0. The number of rotatable bonds is 1. The monoisotopic (exact) mass is 260 g/mol. The summed E-state index contributed by atoms with van der Waals surface area (Å²) in [5.41, 5.74) is 2.26. The summed E-state index contributed by atoms with van der Waals surface area (Å²) in [7, 11) is 0. The standard InChI is InChI=1S/C13H16N4S/c18-13-15-9-8-14-5-3-10(9)17(13)12-4-7-16-6-1-2-11(12)16/h3,5,8,11-12H,1-2,4,6-7H2,(H,15,18). The highest BCUT2D eigenvalue weighted by Gasteiger charge is 2.38. The Hall–Kier alpha value is -1.20. The molecule has 2 unspecified atom stereocenters. The number of hydrogen-bond acceptors (Lipinski definition) is 3. The first-order valence-electron chi connectivity index (χ1n) is 6.63. The number of H-pyrrole nitrogens is 1. The van der Waals surface area contributed by atoms with E-state index in [1.807, 2.05) is 12.4 Å². The van der Waals surface area contributed by atoms with Crippen LogP contribution < -0.4 is 0 Å². The average Bonchev–Trinajstić information content (AvgIpc) is 3.01. The Kier molecular flexibility index (Phi) is 2.32. The molecule has 2 aliphatic rings. The molecule has 5 heteroatoms. The largest absolute Gasteiger partial charge is 0.329 e. The molecule has 94 valence electrons. The van der Waals surface area contributed by atoms with Crippen LogP contribution in [0, 0.1) is 4.77 Å². The highest BCUT2D eigenvalue weighted by Crippen LogP contribution is 2.37. The van der Waals surface area contributed by atoms with Crippen molar-refractivity contribution in [3.8, 4) is 0 Å². The minimum absolute atomic E-state index is 0.538. The van der Waals surface area contributed by atoms with Gasteiger partial charge in [0, 0.05) is 18.8 Å².